The maximum atomic E-state index is 4.67. The van der Waals surface area contributed by atoms with Crippen LogP contribution in [0, 0.1) is 6.92 Å². The third-order valence-corrected chi connectivity index (χ3v) is 4.52. The minimum absolute atomic E-state index is 0.747. The molecule has 0 saturated heterocycles. The van der Waals surface area contributed by atoms with Gasteiger partial charge in [0, 0.05) is 43.1 Å². The van der Waals surface area contributed by atoms with Crippen molar-refractivity contribution in [2.24, 2.45) is 0 Å². The van der Waals surface area contributed by atoms with Crippen LogP contribution in [0.2, 0.25) is 0 Å². The lowest BCUT2D eigenvalue weighted by Gasteiger charge is -2.21. The van der Waals surface area contributed by atoms with E-state index >= 15 is 0 Å². The molecule has 3 heterocycles. The summed E-state index contributed by atoms with van der Waals surface area (Å²) in [5.74, 6) is 0. The molecule has 4 aromatic rings. The molecule has 0 atom stereocenters. The van der Waals surface area contributed by atoms with E-state index < -0.39 is 0 Å². The lowest BCUT2D eigenvalue weighted by Crippen LogP contribution is -2.24. The SMILES string of the molecule is Cc1cccc(CN(Cc2ccccn2)Cc2cc3ccccc3cn2)n1. The second kappa shape index (κ2) is 8.06. The van der Waals surface area contributed by atoms with E-state index in [4.69, 9.17) is 0 Å². The lowest BCUT2D eigenvalue weighted by molar-refractivity contribution is 0.239. The highest BCUT2D eigenvalue weighted by Gasteiger charge is 2.11. The fourth-order valence-electron chi connectivity index (χ4n) is 3.25. The van der Waals surface area contributed by atoms with Gasteiger partial charge in [-0.3, -0.25) is 19.9 Å². The van der Waals surface area contributed by atoms with Crippen LogP contribution in [-0.2, 0) is 19.6 Å². The van der Waals surface area contributed by atoms with E-state index in [1.54, 1.807) is 0 Å². The van der Waals surface area contributed by atoms with Gasteiger partial charge >= 0.3 is 0 Å². The summed E-state index contributed by atoms with van der Waals surface area (Å²) in [5.41, 5.74) is 4.20. The number of aromatic nitrogens is 3. The molecule has 0 spiro atoms. The standard InChI is InChI=1S/C23H22N4/c1-18-7-6-11-22(26-18)16-27(15-21-10-4-5-12-24-21)17-23-13-19-8-2-3-9-20(19)14-25-23/h2-14H,15-17H2,1H3. The second-order valence-electron chi connectivity index (χ2n) is 6.76. The highest BCUT2D eigenvalue weighted by molar-refractivity contribution is 5.81. The molecule has 0 aliphatic carbocycles. The quantitative estimate of drug-likeness (QED) is 0.510. The Morgan fingerprint density at radius 2 is 1.44 bits per heavy atom. The third-order valence-electron chi connectivity index (χ3n) is 4.52. The molecule has 4 nitrogen and oxygen atoms in total. The number of pyridine rings is 3. The number of fused-ring (bicyclic) bond motifs is 1. The summed E-state index contributed by atoms with van der Waals surface area (Å²) in [7, 11) is 0. The molecule has 0 aliphatic heterocycles. The molecule has 0 bridgehead atoms. The van der Waals surface area contributed by atoms with E-state index in [1.165, 1.54) is 5.39 Å². The van der Waals surface area contributed by atoms with Crippen LogP contribution in [0.5, 0.6) is 0 Å². The fourth-order valence-corrected chi connectivity index (χ4v) is 3.25. The zero-order valence-corrected chi connectivity index (χ0v) is 15.4. The highest BCUT2D eigenvalue weighted by atomic mass is 15.1. The molecule has 0 saturated carbocycles. The molecule has 27 heavy (non-hydrogen) atoms. The van der Waals surface area contributed by atoms with Gasteiger partial charge in [0.2, 0.25) is 0 Å². The largest absolute Gasteiger partial charge is 0.286 e. The average Bonchev–Trinajstić information content (AvgIpc) is 2.69. The maximum absolute atomic E-state index is 4.67. The van der Waals surface area contributed by atoms with Crippen molar-refractivity contribution in [1.29, 1.82) is 0 Å². The molecule has 0 aliphatic rings. The van der Waals surface area contributed by atoms with Gasteiger partial charge in [0.1, 0.15) is 0 Å². The van der Waals surface area contributed by atoms with Gasteiger partial charge in [-0.25, -0.2) is 0 Å². The van der Waals surface area contributed by atoms with Crippen molar-refractivity contribution < 1.29 is 0 Å². The molecule has 0 fully saturated rings. The zero-order chi connectivity index (χ0) is 18.5. The Bertz CT molecular complexity index is 1030. The Kier molecular flexibility index (Phi) is 5.17. The van der Waals surface area contributed by atoms with Crippen molar-refractivity contribution in [3.8, 4) is 0 Å². The number of hydrogen-bond acceptors (Lipinski definition) is 4. The van der Waals surface area contributed by atoms with Gasteiger partial charge in [-0.15, -0.1) is 0 Å². The van der Waals surface area contributed by atoms with Crippen LogP contribution in [0.4, 0.5) is 0 Å². The van der Waals surface area contributed by atoms with Crippen molar-refractivity contribution >= 4 is 10.8 Å². The molecule has 4 heteroatoms. The first-order valence-electron chi connectivity index (χ1n) is 9.15. The van der Waals surface area contributed by atoms with Crippen molar-refractivity contribution in [2.45, 2.75) is 26.6 Å². The van der Waals surface area contributed by atoms with Crippen LogP contribution in [0.15, 0.2) is 79.1 Å². The fraction of sp³-hybridized carbons (Fsp3) is 0.174. The predicted octanol–water partition coefficient (Wildman–Crippen LogP) is 4.54. The van der Waals surface area contributed by atoms with E-state index in [-0.39, 0.29) is 0 Å². The number of hydrogen-bond donors (Lipinski definition) is 0. The Labute approximate surface area is 159 Å². The summed E-state index contributed by atoms with van der Waals surface area (Å²) in [4.78, 5) is 16.2. The van der Waals surface area contributed by atoms with Gasteiger partial charge in [-0.1, -0.05) is 36.4 Å². The summed E-state index contributed by atoms with van der Waals surface area (Å²) in [6, 6.07) is 22.7. The summed E-state index contributed by atoms with van der Waals surface area (Å²) < 4.78 is 0. The minimum Gasteiger partial charge on any atom is -0.286 e. The number of benzene rings is 1. The molecule has 1 aromatic carbocycles. The Balaban J connectivity index is 1.59. The average molecular weight is 354 g/mol. The Morgan fingerprint density at radius 1 is 0.704 bits per heavy atom. The highest BCUT2D eigenvalue weighted by Crippen LogP contribution is 2.16. The van der Waals surface area contributed by atoms with Crippen molar-refractivity contribution in [1.82, 2.24) is 19.9 Å². The molecule has 4 rings (SSSR count). The third kappa shape index (κ3) is 4.54. The molecule has 0 unspecified atom stereocenters. The molecule has 0 radical (unpaired) electrons. The molecule has 134 valence electrons. The van der Waals surface area contributed by atoms with Gasteiger partial charge in [-0.2, -0.15) is 0 Å². The Hall–Kier alpha value is -3.11. The molecular weight excluding hydrogens is 332 g/mol. The van der Waals surface area contributed by atoms with Crippen LogP contribution >= 0.6 is 0 Å². The van der Waals surface area contributed by atoms with Crippen molar-refractivity contribution in [3.63, 3.8) is 0 Å². The number of rotatable bonds is 6. The van der Waals surface area contributed by atoms with Crippen LogP contribution in [-0.4, -0.2) is 19.9 Å². The van der Waals surface area contributed by atoms with Crippen molar-refractivity contribution in [2.75, 3.05) is 0 Å². The Morgan fingerprint density at radius 3 is 2.26 bits per heavy atom. The summed E-state index contributed by atoms with van der Waals surface area (Å²) in [6.45, 7) is 4.28. The maximum Gasteiger partial charge on any atom is 0.0550 e. The van der Waals surface area contributed by atoms with Crippen LogP contribution in [0.1, 0.15) is 22.8 Å². The van der Waals surface area contributed by atoms with Gasteiger partial charge in [0.05, 0.1) is 17.1 Å². The van der Waals surface area contributed by atoms with E-state index in [1.807, 2.05) is 43.6 Å². The van der Waals surface area contributed by atoms with Crippen LogP contribution in [0.3, 0.4) is 0 Å². The normalized spacial score (nSPS) is 11.2. The predicted molar refractivity (Wildman–Crippen MR) is 108 cm³/mol. The molecule has 0 N–H and O–H groups in total. The summed E-state index contributed by atoms with van der Waals surface area (Å²) in [5, 5.41) is 2.38. The topological polar surface area (TPSA) is 41.9 Å². The van der Waals surface area contributed by atoms with Gasteiger partial charge in [0.25, 0.3) is 0 Å². The molecule has 3 aromatic heterocycles. The van der Waals surface area contributed by atoms with Gasteiger partial charge < -0.3 is 0 Å². The first-order valence-corrected chi connectivity index (χ1v) is 9.15. The van der Waals surface area contributed by atoms with Crippen molar-refractivity contribution in [3.05, 3.63) is 102 Å². The smallest absolute Gasteiger partial charge is 0.0550 e. The second-order valence-corrected chi connectivity index (χ2v) is 6.76. The minimum atomic E-state index is 0.747. The van der Waals surface area contributed by atoms with E-state index in [2.05, 4.69) is 62.3 Å². The van der Waals surface area contributed by atoms with E-state index in [9.17, 15) is 0 Å². The van der Waals surface area contributed by atoms with Gasteiger partial charge in [-0.05, 0) is 42.6 Å². The van der Waals surface area contributed by atoms with E-state index in [0.29, 0.717) is 0 Å². The first kappa shape index (κ1) is 17.3. The number of nitrogens with zero attached hydrogens (tertiary/aromatic N) is 4. The summed E-state index contributed by atoms with van der Waals surface area (Å²) >= 11 is 0. The monoisotopic (exact) mass is 354 g/mol. The van der Waals surface area contributed by atoms with Crippen LogP contribution < -0.4 is 0 Å². The first-order chi connectivity index (χ1) is 13.3. The molecular formula is C23H22N4. The number of aryl methyl sites for hydroxylation is 1. The van der Waals surface area contributed by atoms with Crippen LogP contribution in [0.25, 0.3) is 10.8 Å². The van der Waals surface area contributed by atoms with Gasteiger partial charge in [0.15, 0.2) is 0 Å². The lowest BCUT2D eigenvalue weighted by atomic mass is 10.1. The summed E-state index contributed by atoms with van der Waals surface area (Å²) in [6.07, 6.45) is 3.79. The molecule has 0 amide bonds. The zero-order valence-electron chi connectivity index (χ0n) is 15.4. The van der Waals surface area contributed by atoms with E-state index in [0.717, 1.165) is 47.8 Å².